The van der Waals surface area contributed by atoms with Crippen LogP contribution < -0.4 is 5.73 Å². The molecule has 122 valence electrons. The molecule has 1 aliphatic heterocycles. The zero-order valence-corrected chi connectivity index (χ0v) is 13.5. The molecular weight excluding hydrogens is 272 g/mol. The largest absolute Gasteiger partial charge is 0.444 e. The number of likely N-dealkylation sites (tertiary alicyclic amines) is 1. The topological polar surface area (TPSA) is 85.0 Å². The third kappa shape index (κ3) is 3.33. The fraction of sp³-hybridized carbons (Fsp3) is 0.933. The number of carbonyl (C=O) groups excluding carboxylic acids is 1. The monoisotopic (exact) mass is 300 g/mol. The van der Waals surface area contributed by atoms with Crippen LogP contribution in [0.1, 0.15) is 46.5 Å². The van der Waals surface area contributed by atoms with E-state index in [1.807, 2.05) is 20.8 Å². The maximum absolute atomic E-state index is 12.0. The third-order valence-electron chi connectivity index (χ3n) is 4.69. The summed E-state index contributed by atoms with van der Waals surface area (Å²) < 4.78 is 10.6. The number of hydrogen-bond donors (Lipinski definition) is 2. The van der Waals surface area contributed by atoms with Gasteiger partial charge in [-0.2, -0.15) is 0 Å². The zero-order chi connectivity index (χ0) is 15.9. The van der Waals surface area contributed by atoms with Gasteiger partial charge in [0.25, 0.3) is 0 Å². The van der Waals surface area contributed by atoms with Crippen LogP contribution in [0.25, 0.3) is 0 Å². The van der Waals surface area contributed by atoms with E-state index in [0.717, 1.165) is 0 Å². The average Bonchev–Trinajstić information content (AvgIpc) is 2.33. The fourth-order valence-electron chi connectivity index (χ4n) is 3.18. The molecule has 0 radical (unpaired) electrons. The van der Waals surface area contributed by atoms with Crippen LogP contribution in [0, 0.1) is 0 Å². The minimum absolute atomic E-state index is 0.142. The highest BCUT2D eigenvalue weighted by Crippen LogP contribution is 2.45. The summed E-state index contributed by atoms with van der Waals surface area (Å²) in [5.41, 5.74) is 4.33. The number of rotatable bonds is 2. The normalized spacial score (nSPS) is 32.5. The van der Waals surface area contributed by atoms with E-state index < -0.39 is 16.7 Å². The van der Waals surface area contributed by atoms with E-state index in [9.17, 15) is 9.90 Å². The second-order valence-electron chi connectivity index (χ2n) is 7.42. The van der Waals surface area contributed by atoms with Crippen molar-refractivity contribution in [2.24, 2.45) is 5.73 Å². The van der Waals surface area contributed by atoms with E-state index in [4.69, 9.17) is 15.2 Å². The Morgan fingerprint density at radius 1 is 1.29 bits per heavy atom. The molecule has 0 unspecified atom stereocenters. The van der Waals surface area contributed by atoms with Crippen molar-refractivity contribution in [1.82, 2.24) is 4.90 Å². The SMILES string of the molecule is COC1CC(N)(C2(O)CCN(C(=O)OC(C)(C)C)CC2)C1. The molecule has 1 saturated heterocycles. The summed E-state index contributed by atoms with van der Waals surface area (Å²) in [6, 6.07) is 0. The summed E-state index contributed by atoms with van der Waals surface area (Å²) in [6.45, 7) is 6.49. The lowest BCUT2D eigenvalue weighted by molar-refractivity contribution is -0.147. The molecule has 0 spiro atoms. The van der Waals surface area contributed by atoms with Crippen LogP contribution in [-0.4, -0.2) is 59.1 Å². The number of nitrogens with two attached hydrogens (primary N) is 1. The van der Waals surface area contributed by atoms with E-state index in [1.54, 1.807) is 12.0 Å². The molecule has 2 rings (SSSR count). The van der Waals surface area contributed by atoms with Gasteiger partial charge in [-0.1, -0.05) is 0 Å². The molecule has 6 heteroatoms. The van der Waals surface area contributed by atoms with Gasteiger partial charge >= 0.3 is 6.09 Å². The van der Waals surface area contributed by atoms with E-state index in [1.165, 1.54) is 0 Å². The Balaban J connectivity index is 1.89. The molecule has 6 nitrogen and oxygen atoms in total. The molecule has 1 amide bonds. The molecule has 21 heavy (non-hydrogen) atoms. The summed E-state index contributed by atoms with van der Waals surface area (Å²) in [4.78, 5) is 13.7. The molecule has 0 aromatic carbocycles. The predicted octanol–water partition coefficient (Wildman–Crippen LogP) is 1.25. The van der Waals surface area contributed by atoms with Gasteiger partial charge in [-0.15, -0.1) is 0 Å². The quantitative estimate of drug-likeness (QED) is 0.802. The van der Waals surface area contributed by atoms with Crippen LogP contribution in [-0.2, 0) is 9.47 Å². The van der Waals surface area contributed by atoms with Crippen molar-refractivity contribution in [3.8, 4) is 0 Å². The molecule has 2 fully saturated rings. The maximum Gasteiger partial charge on any atom is 0.410 e. The molecule has 2 aliphatic rings. The number of carbonyl (C=O) groups is 1. The van der Waals surface area contributed by atoms with Gasteiger partial charge < -0.3 is 25.2 Å². The second-order valence-corrected chi connectivity index (χ2v) is 7.42. The van der Waals surface area contributed by atoms with E-state index >= 15 is 0 Å². The number of hydrogen-bond acceptors (Lipinski definition) is 5. The van der Waals surface area contributed by atoms with Crippen molar-refractivity contribution in [1.29, 1.82) is 0 Å². The zero-order valence-electron chi connectivity index (χ0n) is 13.5. The van der Waals surface area contributed by atoms with Gasteiger partial charge in [-0.05, 0) is 46.5 Å². The Morgan fingerprint density at radius 3 is 2.24 bits per heavy atom. The highest BCUT2D eigenvalue weighted by molar-refractivity contribution is 5.68. The van der Waals surface area contributed by atoms with Crippen LogP contribution in [0.15, 0.2) is 0 Å². The molecule has 1 saturated carbocycles. The summed E-state index contributed by atoms with van der Waals surface area (Å²) in [7, 11) is 1.67. The predicted molar refractivity (Wildman–Crippen MR) is 78.9 cm³/mol. The van der Waals surface area contributed by atoms with Gasteiger partial charge in [-0.25, -0.2) is 4.79 Å². The van der Waals surface area contributed by atoms with Crippen LogP contribution in [0.5, 0.6) is 0 Å². The van der Waals surface area contributed by atoms with Crippen molar-refractivity contribution in [2.75, 3.05) is 20.2 Å². The van der Waals surface area contributed by atoms with Gasteiger partial charge in [0.05, 0.1) is 11.7 Å². The van der Waals surface area contributed by atoms with E-state index in [2.05, 4.69) is 0 Å². The summed E-state index contributed by atoms with van der Waals surface area (Å²) in [5.74, 6) is 0. The Hall–Kier alpha value is -0.850. The van der Waals surface area contributed by atoms with Crippen LogP contribution in [0.3, 0.4) is 0 Å². The summed E-state index contributed by atoms with van der Waals surface area (Å²) >= 11 is 0. The van der Waals surface area contributed by atoms with Crippen molar-refractivity contribution in [3.63, 3.8) is 0 Å². The van der Waals surface area contributed by atoms with Gasteiger partial charge in [0.1, 0.15) is 5.60 Å². The first-order valence-electron chi connectivity index (χ1n) is 7.61. The maximum atomic E-state index is 12.0. The molecule has 0 atom stereocenters. The molecule has 1 heterocycles. The van der Waals surface area contributed by atoms with Crippen LogP contribution in [0.2, 0.25) is 0 Å². The van der Waals surface area contributed by atoms with E-state index in [-0.39, 0.29) is 12.2 Å². The lowest BCUT2D eigenvalue weighted by Crippen LogP contribution is -2.71. The fourth-order valence-corrected chi connectivity index (χ4v) is 3.18. The highest BCUT2D eigenvalue weighted by Gasteiger charge is 2.56. The third-order valence-corrected chi connectivity index (χ3v) is 4.69. The van der Waals surface area contributed by atoms with Gasteiger partial charge in [0.15, 0.2) is 0 Å². The lowest BCUT2D eigenvalue weighted by atomic mass is 9.61. The number of aliphatic hydroxyl groups is 1. The van der Waals surface area contributed by atoms with Crippen molar-refractivity contribution in [3.05, 3.63) is 0 Å². The van der Waals surface area contributed by atoms with Crippen LogP contribution >= 0.6 is 0 Å². The van der Waals surface area contributed by atoms with Gasteiger partial charge in [0, 0.05) is 25.7 Å². The number of nitrogens with zero attached hydrogens (tertiary/aromatic N) is 1. The van der Waals surface area contributed by atoms with Gasteiger partial charge in [0.2, 0.25) is 0 Å². The minimum Gasteiger partial charge on any atom is -0.444 e. The van der Waals surface area contributed by atoms with Crippen LogP contribution in [0.4, 0.5) is 4.79 Å². The minimum atomic E-state index is -0.916. The number of piperidine rings is 1. The molecule has 3 N–H and O–H groups in total. The molecular formula is C15H28N2O4. The first kappa shape index (κ1) is 16.5. The number of ether oxygens (including phenoxy) is 2. The molecule has 0 aromatic heterocycles. The number of amides is 1. The summed E-state index contributed by atoms with van der Waals surface area (Å²) in [6.07, 6.45) is 2.14. The van der Waals surface area contributed by atoms with Gasteiger partial charge in [-0.3, -0.25) is 0 Å². The highest BCUT2D eigenvalue weighted by atomic mass is 16.6. The molecule has 0 bridgehead atoms. The standard InChI is InChI=1S/C15H28N2O4/c1-13(2,3)21-12(18)17-7-5-15(19,6-8-17)14(16)9-11(10-14)20-4/h11,19H,5-10,16H2,1-4H3. The van der Waals surface area contributed by atoms with Crippen molar-refractivity contribution >= 4 is 6.09 Å². The smallest absolute Gasteiger partial charge is 0.410 e. The Kier molecular flexibility index (Phi) is 4.26. The summed E-state index contributed by atoms with van der Waals surface area (Å²) in [5, 5.41) is 10.8. The Bertz CT molecular complexity index is 391. The molecule has 1 aliphatic carbocycles. The van der Waals surface area contributed by atoms with Crippen molar-refractivity contribution < 1.29 is 19.4 Å². The van der Waals surface area contributed by atoms with Crippen molar-refractivity contribution in [2.45, 2.75) is 69.3 Å². The number of methoxy groups -OCH3 is 1. The Labute approximate surface area is 126 Å². The Morgan fingerprint density at radius 2 is 1.81 bits per heavy atom. The lowest BCUT2D eigenvalue weighted by Gasteiger charge is -2.56. The average molecular weight is 300 g/mol. The van der Waals surface area contributed by atoms with E-state index in [0.29, 0.717) is 38.8 Å². The first-order chi connectivity index (χ1) is 9.59. The molecule has 0 aromatic rings. The second kappa shape index (κ2) is 5.41. The first-order valence-corrected chi connectivity index (χ1v) is 7.61.